The first-order valence-corrected chi connectivity index (χ1v) is 9.93. The van der Waals surface area contributed by atoms with Crippen LogP contribution in [0.3, 0.4) is 0 Å². The first-order valence-electron chi connectivity index (χ1n) is 8.08. The van der Waals surface area contributed by atoms with Crippen LogP contribution in [0, 0.1) is 15.9 Å². The fourth-order valence-electron chi connectivity index (χ4n) is 2.47. The molecule has 0 spiro atoms. The first-order chi connectivity index (χ1) is 13.1. The van der Waals surface area contributed by atoms with Crippen LogP contribution in [0.5, 0.6) is 5.75 Å². The summed E-state index contributed by atoms with van der Waals surface area (Å²) in [5, 5.41) is 13.0. The fourth-order valence-corrected chi connectivity index (χ4v) is 3.47. The molecule has 150 valence electrons. The molecule has 28 heavy (non-hydrogen) atoms. The number of nitro groups is 1. The average molecular weight is 411 g/mol. The lowest BCUT2D eigenvalue weighted by Gasteiger charge is -2.23. The predicted molar refractivity (Wildman–Crippen MR) is 100 cm³/mol. The lowest BCUT2D eigenvalue weighted by Crippen LogP contribution is -2.32. The maximum atomic E-state index is 13.6. The van der Waals surface area contributed by atoms with Gasteiger partial charge < -0.3 is 10.1 Å². The molecular formula is C17H18FN3O6S. The van der Waals surface area contributed by atoms with E-state index in [1.807, 2.05) is 0 Å². The van der Waals surface area contributed by atoms with Gasteiger partial charge >= 0.3 is 6.09 Å². The third-order valence-electron chi connectivity index (χ3n) is 3.68. The zero-order valence-corrected chi connectivity index (χ0v) is 15.9. The highest BCUT2D eigenvalue weighted by Crippen LogP contribution is 2.24. The summed E-state index contributed by atoms with van der Waals surface area (Å²) in [6.07, 6.45) is 0.145. The van der Waals surface area contributed by atoms with E-state index in [1.165, 1.54) is 30.3 Å². The van der Waals surface area contributed by atoms with Crippen LogP contribution in [0.25, 0.3) is 0 Å². The van der Waals surface area contributed by atoms with Gasteiger partial charge in [0.15, 0.2) is 0 Å². The van der Waals surface area contributed by atoms with Gasteiger partial charge in [0, 0.05) is 25.2 Å². The molecular weight excluding hydrogens is 393 g/mol. The quantitative estimate of drug-likeness (QED) is 0.553. The van der Waals surface area contributed by atoms with Crippen LogP contribution in [0.4, 0.5) is 20.6 Å². The molecule has 0 bridgehead atoms. The third kappa shape index (κ3) is 5.39. The van der Waals surface area contributed by atoms with E-state index in [0.717, 1.165) is 22.7 Å². The smallest absolute Gasteiger partial charge is 0.410 e. The number of hydrogen-bond acceptors (Lipinski definition) is 6. The van der Waals surface area contributed by atoms with Crippen molar-refractivity contribution < 1.29 is 27.3 Å². The predicted octanol–water partition coefficient (Wildman–Crippen LogP) is 2.81. The number of rotatable bonds is 7. The molecule has 0 aliphatic carbocycles. The molecule has 0 radical (unpaired) electrons. The molecule has 0 saturated carbocycles. The summed E-state index contributed by atoms with van der Waals surface area (Å²) >= 11 is 0. The van der Waals surface area contributed by atoms with Crippen molar-refractivity contribution >= 4 is 27.5 Å². The van der Waals surface area contributed by atoms with Crippen LogP contribution < -0.4 is 14.4 Å². The van der Waals surface area contributed by atoms with Gasteiger partial charge in [0.2, 0.25) is 10.0 Å². The second-order valence-corrected chi connectivity index (χ2v) is 7.60. The summed E-state index contributed by atoms with van der Waals surface area (Å²) in [5.74, 6) is -0.511. The number of non-ortho nitro benzene ring substituents is 1. The van der Waals surface area contributed by atoms with Gasteiger partial charge in [-0.2, -0.15) is 0 Å². The van der Waals surface area contributed by atoms with Crippen molar-refractivity contribution in [2.75, 3.05) is 17.1 Å². The van der Waals surface area contributed by atoms with Crippen LogP contribution >= 0.6 is 0 Å². The second-order valence-electron chi connectivity index (χ2n) is 5.69. The first kappa shape index (κ1) is 21.1. The monoisotopic (exact) mass is 411 g/mol. The van der Waals surface area contributed by atoms with Gasteiger partial charge in [-0.15, -0.1) is 0 Å². The topological polar surface area (TPSA) is 119 Å². The Morgan fingerprint density at radius 3 is 2.43 bits per heavy atom. The number of hydrogen-bond donors (Lipinski definition) is 1. The van der Waals surface area contributed by atoms with Gasteiger partial charge in [-0.25, -0.2) is 17.6 Å². The molecule has 0 aromatic heterocycles. The van der Waals surface area contributed by atoms with Crippen molar-refractivity contribution in [1.29, 1.82) is 0 Å². The summed E-state index contributed by atoms with van der Waals surface area (Å²) in [6.45, 7) is 1.57. The van der Waals surface area contributed by atoms with Crippen molar-refractivity contribution in [1.82, 2.24) is 5.32 Å². The lowest BCUT2D eigenvalue weighted by molar-refractivity contribution is -0.384. The Morgan fingerprint density at radius 1 is 1.25 bits per heavy atom. The Balaban J connectivity index is 2.12. The van der Waals surface area contributed by atoms with E-state index in [4.69, 9.17) is 4.74 Å². The van der Waals surface area contributed by atoms with Gasteiger partial charge in [0.25, 0.3) is 5.69 Å². The summed E-state index contributed by atoms with van der Waals surface area (Å²) in [6, 6.07) is 8.44. The molecule has 2 rings (SSSR count). The summed E-state index contributed by atoms with van der Waals surface area (Å²) < 4.78 is 43.6. The zero-order valence-electron chi connectivity index (χ0n) is 15.1. The molecule has 1 N–H and O–H groups in total. The number of anilines is 1. The number of carbonyl (C=O) groups excluding carboxylic acids is 1. The SMILES string of the molecule is CCN(c1ccc(F)cc1CNC(=O)Oc1ccc([N+](=O)[O-])cc1)S(C)(=O)=O. The summed E-state index contributed by atoms with van der Waals surface area (Å²) in [4.78, 5) is 22.0. The molecule has 0 atom stereocenters. The molecule has 2 aromatic carbocycles. The maximum absolute atomic E-state index is 13.6. The van der Waals surface area contributed by atoms with Crippen LogP contribution in [-0.4, -0.2) is 32.2 Å². The van der Waals surface area contributed by atoms with E-state index in [9.17, 15) is 27.7 Å². The Kier molecular flexibility index (Phi) is 6.52. The minimum absolute atomic E-state index is 0.0777. The molecule has 11 heteroatoms. The second kappa shape index (κ2) is 8.65. The van der Waals surface area contributed by atoms with E-state index in [-0.39, 0.29) is 35.8 Å². The molecule has 0 aliphatic heterocycles. The van der Waals surface area contributed by atoms with E-state index in [1.54, 1.807) is 6.92 Å². The van der Waals surface area contributed by atoms with E-state index in [2.05, 4.69) is 5.32 Å². The maximum Gasteiger partial charge on any atom is 0.412 e. The summed E-state index contributed by atoms with van der Waals surface area (Å²) in [7, 11) is -3.59. The van der Waals surface area contributed by atoms with Crippen LogP contribution in [0.15, 0.2) is 42.5 Å². The number of sulfonamides is 1. The number of amides is 1. The van der Waals surface area contributed by atoms with Crippen molar-refractivity contribution in [2.24, 2.45) is 0 Å². The Morgan fingerprint density at radius 2 is 1.89 bits per heavy atom. The number of nitrogens with zero attached hydrogens (tertiary/aromatic N) is 2. The van der Waals surface area contributed by atoms with E-state index >= 15 is 0 Å². The number of nitro benzene ring substituents is 1. The molecule has 9 nitrogen and oxygen atoms in total. The normalized spacial score (nSPS) is 11.0. The average Bonchev–Trinajstić information content (AvgIpc) is 2.61. The van der Waals surface area contributed by atoms with Gasteiger partial charge in [-0.1, -0.05) is 0 Å². The van der Waals surface area contributed by atoms with Crippen molar-refractivity contribution in [2.45, 2.75) is 13.5 Å². The fraction of sp³-hybridized carbons (Fsp3) is 0.235. The number of carbonyl (C=O) groups is 1. The Bertz CT molecular complexity index is 979. The molecule has 0 unspecified atom stereocenters. The van der Waals surface area contributed by atoms with Gasteiger partial charge in [-0.05, 0) is 42.8 Å². The highest BCUT2D eigenvalue weighted by Gasteiger charge is 2.19. The Labute approximate surface area is 160 Å². The van der Waals surface area contributed by atoms with Crippen molar-refractivity contribution in [3.05, 3.63) is 64.0 Å². The molecule has 1 amide bonds. The third-order valence-corrected chi connectivity index (χ3v) is 4.93. The number of nitrogens with one attached hydrogen (secondary N) is 1. The van der Waals surface area contributed by atoms with Crippen LogP contribution in [0.1, 0.15) is 12.5 Å². The van der Waals surface area contributed by atoms with Gasteiger partial charge in [0.05, 0.1) is 16.9 Å². The van der Waals surface area contributed by atoms with E-state index in [0.29, 0.717) is 0 Å². The highest BCUT2D eigenvalue weighted by molar-refractivity contribution is 7.92. The largest absolute Gasteiger partial charge is 0.412 e. The molecule has 0 aliphatic rings. The number of ether oxygens (including phenoxy) is 1. The minimum atomic E-state index is -3.59. The molecule has 0 saturated heterocycles. The zero-order chi connectivity index (χ0) is 20.9. The highest BCUT2D eigenvalue weighted by atomic mass is 32.2. The Hall–Kier alpha value is -3.21. The number of halogens is 1. The van der Waals surface area contributed by atoms with Gasteiger partial charge in [-0.3, -0.25) is 14.4 Å². The number of benzene rings is 2. The minimum Gasteiger partial charge on any atom is -0.410 e. The molecule has 0 fully saturated rings. The van der Waals surface area contributed by atoms with Gasteiger partial charge in [0.1, 0.15) is 11.6 Å². The van der Waals surface area contributed by atoms with Crippen molar-refractivity contribution in [3.63, 3.8) is 0 Å². The van der Waals surface area contributed by atoms with Crippen molar-refractivity contribution in [3.8, 4) is 5.75 Å². The lowest BCUT2D eigenvalue weighted by atomic mass is 10.1. The summed E-state index contributed by atoms with van der Waals surface area (Å²) in [5.41, 5.74) is 0.326. The van der Waals surface area contributed by atoms with Crippen LogP contribution in [-0.2, 0) is 16.6 Å². The molecule has 0 heterocycles. The van der Waals surface area contributed by atoms with E-state index < -0.39 is 26.9 Å². The standard InChI is InChI=1S/C17H18FN3O6S/c1-3-20(28(2,25)26)16-9-4-13(18)10-12(16)11-19-17(22)27-15-7-5-14(6-8-15)21(23)24/h4-10H,3,11H2,1-2H3,(H,19,22). The van der Waals surface area contributed by atoms with Crippen LogP contribution in [0.2, 0.25) is 0 Å². The molecule has 2 aromatic rings.